The minimum atomic E-state index is -3.36. The van der Waals surface area contributed by atoms with Crippen LogP contribution in [0, 0.1) is 0 Å². The summed E-state index contributed by atoms with van der Waals surface area (Å²) in [6.45, 7) is 1.51. The summed E-state index contributed by atoms with van der Waals surface area (Å²) >= 11 is 1.56. The van der Waals surface area contributed by atoms with Crippen molar-refractivity contribution < 1.29 is 12.6 Å². The van der Waals surface area contributed by atoms with Gasteiger partial charge in [0.15, 0.2) is 5.13 Å². The van der Waals surface area contributed by atoms with Gasteiger partial charge in [-0.2, -0.15) is 8.42 Å². The molecule has 1 unspecified atom stereocenters. The molecular formula is C9H14N2O3S2. The average Bonchev–Trinajstić information content (AvgIpc) is 2.68. The predicted molar refractivity (Wildman–Crippen MR) is 63.3 cm³/mol. The van der Waals surface area contributed by atoms with Gasteiger partial charge in [-0.05, 0) is 12.8 Å². The standard InChI is InChI=1S/C9H14N2O3S2/c1-16(12,13)14-8-3-2-5-11(7-8)9-10-4-6-15-9/h4,6,8H,2-3,5,7H2,1H3. The maximum atomic E-state index is 11.0. The van der Waals surface area contributed by atoms with Crippen LogP contribution >= 0.6 is 11.3 Å². The molecule has 1 atom stereocenters. The number of anilines is 1. The van der Waals surface area contributed by atoms with Gasteiger partial charge in [0.1, 0.15) is 0 Å². The van der Waals surface area contributed by atoms with E-state index in [9.17, 15) is 8.42 Å². The molecule has 90 valence electrons. The minimum absolute atomic E-state index is 0.243. The van der Waals surface area contributed by atoms with E-state index in [1.807, 2.05) is 5.38 Å². The summed E-state index contributed by atoms with van der Waals surface area (Å²) in [5.41, 5.74) is 0. The lowest BCUT2D eigenvalue weighted by Gasteiger charge is -2.31. The molecule has 1 aromatic rings. The van der Waals surface area contributed by atoms with Gasteiger partial charge in [0.2, 0.25) is 0 Å². The summed E-state index contributed by atoms with van der Waals surface area (Å²) in [5.74, 6) is 0. The van der Waals surface area contributed by atoms with E-state index in [1.165, 1.54) is 0 Å². The Hall–Kier alpha value is -0.660. The third-order valence-electron chi connectivity index (χ3n) is 2.38. The first-order valence-corrected chi connectivity index (χ1v) is 7.77. The number of hydrogen-bond acceptors (Lipinski definition) is 6. The Morgan fingerprint density at radius 2 is 2.44 bits per heavy atom. The van der Waals surface area contributed by atoms with E-state index in [2.05, 4.69) is 9.88 Å². The summed E-state index contributed by atoms with van der Waals surface area (Å²) in [6.07, 6.45) is 4.32. The van der Waals surface area contributed by atoms with Gasteiger partial charge >= 0.3 is 0 Å². The minimum Gasteiger partial charge on any atom is -0.345 e. The van der Waals surface area contributed by atoms with Crippen molar-refractivity contribution >= 4 is 26.6 Å². The number of hydrogen-bond donors (Lipinski definition) is 0. The van der Waals surface area contributed by atoms with Crippen LogP contribution in [0.25, 0.3) is 0 Å². The van der Waals surface area contributed by atoms with Crippen molar-refractivity contribution in [2.24, 2.45) is 0 Å². The van der Waals surface area contributed by atoms with Crippen LogP contribution in [0.5, 0.6) is 0 Å². The molecule has 0 bridgehead atoms. The third kappa shape index (κ3) is 3.16. The van der Waals surface area contributed by atoms with E-state index < -0.39 is 10.1 Å². The van der Waals surface area contributed by atoms with Crippen molar-refractivity contribution in [2.45, 2.75) is 18.9 Å². The van der Waals surface area contributed by atoms with E-state index in [1.54, 1.807) is 17.5 Å². The third-order valence-corrected chi connectivity index (χ3v) is 3.83. The molecule has 0 radical (unpaired) electrons. The van der Waals surface area contributed by atoms with E-state index in [4.69, 9.17) is 4.18 Å². The van der Waals surface area contributed by atoms with Crippen LogP contribution < -0.4 is 4.90 Å². The highest BCUT2D eigenvalue weighted by Gasteiger charge is 2.24. The lowest BCUT2D eigenvalue weighted by molar-refractivity contribution is 0.188. The second-order valence-corrected chi connectivity index (χ2v) is 6.30. The number of nitrogens with zero attached hydrogens (tertiary/aromatic N) is 2. The van der Waals surface area contributed by atoms with Crippen LogP contribution in [-0.4, -0.2) is 38.9 Å². The van der Waals surface area contributed by atoms with Gasteiger partial charge < -0.3 is 4.90 Å². The van der Waals surface area contributed by atoms with E-state index in [0.29, 0.717) is 6.54 Å². The van der Waals surface area contributed by atoms with Gasteiger partial charge in [-0.25, -0.2) is 4.98 Å². The van der Waals surface area contributed by atoms with Crippen molar-refractivity contribution in [3.63, 3.8) is 0 Å². The molecule has 16 heavy (non-hydrogen) atoms. The molecule has 1 aliphatic rings. The van der Waals surface area contributed by atoms with Crippen molar-refractivity contribution in [1.29, 1.82) is 0 Å². The molecule has 5 nitrogen and oxygen atoms in total. The van der Waals surface area contributed by atoms with Crippen LogP contribution in [0.3, 0.4) is 0 Å². The van der Waals surface area contributed by atoms with Crippen LogP contribution in [-0.2, 0) is 14.3 Å². The molecule has 0 aromatic carbocycles. The molecular weight excluding hydrogens is 248 g/mol. The highest BCUT2D eigenvalue weighted by atomic mass is 32.2. The highest BCUT2D eigenvalue weighted by Crippen LogP contribution is 2.23. The van der Waals surface area contributed by atoms with Crippen LogP contribution in [0.15, 0.2) is 11.6 Å². The molecule has 7 heteroatoms. The van der Waals surface area contributed by atoms with Crippen molar-refractivity contribution in [2.75, 3.05) is 24.2 Å². The first-order chi connectivity index (χ1) is 7.54. The predicted octanol–water partition coefficient (Wildman–Crippen LogP) is 1.09. The molecule has 0 N–H and O–H groups in total. The van der Waals surface area contributed by atoms with E-state index in [0.717, 1.165) is 30.8 Å². The summed E-state index contributed by atoms with van der Waals surface area (Å²) in [6, 6.07) is 0. The summed E-state index contributed by atoms with van der Waals surface area (Å²) in [4.78, 5) is 6.28. The molecule has 0 aliphatic carbocycles. The van der Waals surface area contributed by atoms with Gasteiger partial charge in [-0.15, -0.1) is 11.3 Å². The highest BCUT2D eigenvalue weighted by molar-refractivity contribution is 7.86. The lowest BCUT2D eigenvalue weighted by atomic mass is 10.1. The second kappa shape index (κ2) is 4.68. The maximum Gasteiger partial charge on any atom is 0.264 e. The van der Waals surface area contributed by atoms with Crippen LogP contribution in [0.1, 0.15) is 12.8 Å². The first kappa shape index (κ1) is 11.8. The average molecular weight is 262 g/mol. The number of rotatable bonds is 3. The SMILES string of the molecule is CS(=O)(=O)OC1CCCN(c2nccs2)C1. The van der Waals surface area contributed by atoms with Gasteiger partial charge in [0.25, 0.3) is 10.1 Å². The smallest absolute Gasteiger partial charge is 0.264 e. The Kier molecular flexibility index (Phi) is 3.46. The fourth-order valence-corrected chi connectivity index (χ4v) is 3.14. The van der Waals surface area contributed by atoms with Gasteiger partial charge in [-0.1, -0.05) is 0 Å². The first-order valence-electron chi connectivity index (χ1n) is 5.07. The maximum absolute atomic E-state index is 11.0. The van der Waals surface area contributed by atoms with Crippen molar-refractivity contribution in [1.82, 2.24) is 4.98 Å². The molecule has 0 spiro atoms. The zero-order valence-electron chi connectivity index (χ0n) is 9.00. The number of piperidine rings is 1. The van der Waals surface area contributed by atoms with E-state index in [-0.39, 0.29) is 6.10 Å². The van der Waals surface area contributed by atoms with Crippen LogP contribution in [0.4, 0.5) is 5.13 Å². The Labute approximate surface area is 99.2 Å². The molecule has 1 fully saturated rings. The van der Waals surface area contributed by atoms with Gasteiger partial charge in [0.05, 0.1) is 12.4 Å². The van der Waals surface area contributed by atoms with Crippen molar-refractivity contribution in [3.8, 4) is 0 Å². The van der Waals surface area contributed by atoms with Gasteiger partial charge in [-0.3, -0.25) is 4.18 Å². The topological polar surface area (TPSA) is 59.5 Å². The zero-order valence-corrected chi connectivity index (χ0v) is 10.6. The Morgan fingerprint density at radius 3 is 3.06 bits per heavy atom. The summed E-state index contributed by atoms with van der Waals surface area (Å²) in [5, 5.41) is 2.85. The zero-order chi connectivity index (χ0) is 11.6. The Bertz CT molecular complexity index is 430. The summed E-state index contributed by atoms with van der Waals surface area (Å²) < 4.78 is 27.1. The molecule has 0 saturated carbocycles. The fraction of sp³-hybridized carbons (Fsp3) is 0.667. The molecule has 1 aromatic heterocycles. The largest absolute Gasteiger partial charge is 0.345 e. The molecule has 1 saturated heterocycles. The van der Waals surface area contributed by atoms with Crippen molar-refractivity contribution in [3.05, 3.63) is 11.6 Å². The summed E-state index contributed by atoms with van der Waals surface area (Å²) in [7, 11) is -3.36. The fourth-order valence-electron chi connectivity index (χ4n) is 1.81. The molecule has 1 aliphatic heterocycles. The Balaban J connectivity index is 2.00. The second-order valence-electron chi connectivity index (χ2n) is 3.83. The molecule has 2 heterocycles. The van der Waals surface area contributed by atoms with Crippen LogP contribution in [0.2, 0.25) is 0 Å². The molecule has 0 amide bonds. The number of aromatic nitrogens is 1. The number of thiazole rings is 1. The van der Waals surface area contributed by atoms with Gasteiger partial charge in [0, 0.05) is 24.7 Å². The lowest BCUT2D eigenvalue weighted by Crippen LogP contribution is -2.40. The Morgan fingerprint density at radius 1 is 1.62 bits per heavy atom. The molecule has 2 rings (SSSR count). The van der Waals surface area contributed by atoms with E-state index >= 15 is 0 Å². The quantitative estimate of drug-likeness (QED) is 0.763. The normalized spacial score (nSPS) is 22.3. The monoisotopic (exact) mass is 262 g/mol.